The Bertz CT molecular complexity index is 345. The summed E-state index contributed by atoms with van der Waals surface area (Å²) in [6, 6.07) is 7.02. The van der Waals surface area contributed by atoms with Crippen LogP contribution in [0.25, 0.3) is 0 Å². The van der Waals surface area contributed by atoms with Crippen molar-refractivity contribution in [3.8, 4) is 0 Å². The van der Waals surface area contributed by atoms with E-state index in [-0.39, 0.29) is 13.2 Å². The third kappa shape index (κ3) is 3.47. The molecule has 0 unspecified atom stereocenters. The normalized spacial score (nSPS) is 11.1. The summed E-state index contributed by atoms with van der Waals surface area (Å²) >= 11 is 0. The molecule has 0 aromatic carbocycles. The van der Waals surface area contributed by atoms with Crippen molar-refractivity contribution >= 4 is 8.60 Å². The highest BCUT2D eigenvalue weighted by Crippen LogP contribution is 2.35. The monoisotopic (exact) mass is 242 g/mol. The van der Waals surface area contributed by atoms with Crippen molar-refractivity contribution in [1.29, 1.82) is 0 Å². The van der Waals surface area contributed by atoms with Gasteiger partial charge in [0, 0.05) is 0 Å². The first kappa shape index (κ1) is 11.4. The highest BCUT2D eigenvalue weighted by atomic mass is 31.2. The van der Waals surface area contributed by atoms with Gasteiger partial charge in [-0.1, -0.05) is 0 Å². The van der Waals surface area contributed by atoms with Gasteiger partial charge in [0.1, 0.15) is 24.7 Å². The fraction of sp³-hybridized carbons (Fsp3) is 0.200. The molecule has 0 aliphatic rings. The van der Waals surface area contributed by atoms with Crippen molar-refractivity contribution in [1.82, 2.24) is 0 Å². The molecule has 0 saturated carbocycles. The third-order valence-corrected chi connectivity index (χ3v) is 2.49. The number of hydrogen-bond acceptors (Lipinski definition) is 5. The molecule has 1 N–H and O–H groups in total. The Morgan fingerprint density at radius 2 is 1.50 bits per heavy atom. The van der Waals surface area contributed by atoms with Crippen LogP contribution in [0.2, 0.25) is 0 Å². The van der Waals surface area contributed by atoms with Crippen LogP contribution in [-0.4, -0.2) is 4.89 Å². The zero-order valence-electron chi connectivity index (χ0n) is 8.41. The van der Waals surface area contributed by atoms with E-state index in [9.17, 15) is 4.89 Å². The van der Waals surface area contributed by atoms with Crippen LogP contribution in [0.4, 0.5) is 0 Å². The molecule has 5 nitrogen and oxygen atoms in total. The number of rotatable bonds is 6. The van der Waals surface area contributed by atoms with Crippen molar-refractivity contribution in [2.45, 2.75) is 13.2 Å². The van der Waals surface area contributed by atoms with Gasteiger partial charge in [-0.15, -0.1) is 0 Å². The molecule has 2 heterocycles. The van der Waals surface area contributed by atoms with Gasteiger partial charge in [0.15, 0.2) is 0 Å². The fourth-order valence-electron chi connectivity index (χ4n) is 1.06. The van der Waals surface area contributed by atoms with Crippen LogP contribution >= 0.6 is 8.60 Å². The Kier molecular flexibility index (Phi) is 4.13. The van der Waals surface area contributed by atoms with Gasteiger partial charge in [0.2, 0.25) is 0 Å². The summed E-state index contributed by atoms with van der Waals surface area (Å²) in [6.45, 7) is 0.376. The molecule has 0 aliphatic heterocycles. The first-order chi connectivity index (χ1) is 7.84. The summed E-state index contributed by atoms with van der Waals surface area (Å²) in [6.07, 6.45) is 3.09. The van der Waals surface area contributed by atoms with E-state index in [2.05, 4.69) is 0 Å². The van der Waals surface area contributed by atoms with Crippen LogP contribution < -0.4 is 0 Å². The van der Waals surface area contributed by atoms with Gasteiger partial charge in [0.25, 0.3) is 0 Å². The smallest absolute Gasteiger partial charge is 0.330 e. The zero-order chi connectivity index (χ0) is 11.2. The van der Waals surface area contributed by atoms with Crippen molar-refractivity contribution in [3.63, 3.8) is 0 Å². The van der Waals surface area contributed by atoms with Crippen LogP contribution in [0.15, 0.2) is 45.6 Å². The van der Waals surface area contributed by atoms with E-state index in [0.29, 0.717) is 11.5 Å². The fourth-order valence-corrected chi connectivity index (χ4v) is 1.61. The quantitative estimate of drug-likeness (QED) is 0.789. The van der Waals surface area contributed by atoms with Gasteiger partial charge < -0.3 is 22.8 Å². The highest BCUT2D eigenvalue weighted by molar-refractivity contribution is 7.40. The second-order valence-corrected chi connectivity index (χ2v) is 3.94. The van der Waals surface area contributed by atoms with Gasteiger partial charge in [-0.25, -0.2) is 0 Å². The summed E-state index contributed by atoms with van der Waals surface area (Å²) in [5, 5.41) is 0. The van der Waals surface area contributed by atoms with E-state index < -0.39 is 8.60 Å². The first-order valence-corrected chi connectivity index (χ1v) is 5.77. The number of hydrogen-bond donors (Lipinski definition) is 1. The van der Waals surface area contributed by atoms with E-state index in [1.165, 1.54) is 0 Å². The zero-order valence-corrected chi connectivity index (χ0v) is 9.30. The van der Waals surface area contributed by atoms with Crippen LogP contribution in [0.5, 0.6) is 0 Å². The molecule has 0 radical (unpaired) electrons. The van der Waals surface area contributed by atoms with E-state index in [1.807, 2.05) is 0 Å². The Hall–Kier alpha value is -1.13. The maximum atomic E-state index is 9.38. The molecule has 0 spiro atoms. The van der Waals surface area contributed by atoms with Crippen LogP contribution in [0.3, 0.4) is 0 Å². The Labute approximate surface area is 93.6 Å². The van der Waals surface area contributed by atoms with Crippen molar-refractivity contribution in [2.75, 3.05) is 0 Å². The Balaban J connectivity index is 1.66. The van der Waals surface area contributed by atoms with Crippen molar-refractivity contribution in [2.24, 2.45) is 0 Å². The van der Waals surface area contributed by atoms with Crippen molar-refractivity contribution in [3.05, 3.63) is 48.3 Å². The first-order valence-electron chi connectivity index (χ1n) is 4.64. The van der Waals surface area contributed by atoms with E-state index in [4.69, 9.17) is 17.9 Å². The lowest BCUT2D eigenvalue weighted by Crippen LogP contribution is -1.91. The largest absolute Gasteiger partial charge is 0.467 e. The molecule has 0 atom stereocenters. The molecule has 86 valence electrons. The minimum absolute atomic E-state index is 0.188. The molecular formula is C10H11O5P. The standard InChI is InChI=1S/C10H11O5P/c11-16(14-7-9-3-1-5-12-9)15-8-10-4-2-6-13-10/h1-6,11H,7-8H2. The van der Waals surface area contributed by atoms with E-state index >= 15 is 0 Å². The molecule has 0 saturated heterocycles. The summed E-state index contributed by atoms with van der Waals surface area (Å²) in [5.41, 5.74) is 0. The molecular weight excluding hydrogens is 231 g/mol. The molecule has 2 aromatic rings. The molecule has 2 rings (SSSR count). The molecule has 6 heteroatoms. The molecule has 0 aliphatic carbocycles. The maximum absolute atomic E-state index is 9.38. The molecule has 0 fully saturated rings. The molecule has 0 bridgehead atoms. The van der Waals surface area contributed by atoms with Crippen LogP contribution in [0.1, 0.15) is 11.5 Å². The molecule has 2 aromatic heterocycles. The van der Waals surface area contributed by atoms with Gasteiger partial charge in [0.05, 0.1) is 12.5 Å². The summed E-state index contributed by atoms with van der Waals surface area (Å²) < 4.78 is 20.2. The Morgan fingerprint density at radius 3 is 1.88 bits per heavy atom. The Morgan fingerprint density at radius 1 is 1.00 bits per heavy atom. The second kappa shape index (κ2) is 5.82. The van der Waals surface area contributed by atoms with Crippen molar-refractivity contribution < 1.29 is 22.8 Å². The predicted octanol–water partition coefficient (Wildman–Crippen LogP) is 2.83. The number of furan rings is 2. The minimum atomic E-state index is -1.91. The highest BCUT2D eigenvalue weighted by Gasteiger charge is 2.09. The molecule has 0 amide bonds. The average Bonchev–Trinajstić information content (AvgIpc) is 2.96. The molecule has 16 heavy (non-hydrogen) atoms. The van der Waals surface area contributed by atoms with Crippen LogP contribution in [0, 0.1) is 0 Å². The minimum Gasteiger partial charge on any atom is -0.467 e. The topological polar surface area (TPSA) is 65.0 Å². The third-order valence-electron chi connectivity index (χ3n) is 1.79. The lowest BCUT2D eigenvalue weighted by molar-refractivity contribution is 0.167. The summed E-state index contributed by atoms with van der Waals surface area (Å²) in [4.78, 5) is 9.38. The second-order valence-electron chi connectivity index (χ2n) is 2.94. The van der Waals surface area contributed by atoms with Gasteiger partial charge in [-0.2, -0.15) is 0 Å². The SMILES string of the molecule is OP(OCc1ccco1)OCc1ccco1. The lowest BCUT2D eigenvalue weighted by Gasteiger charge is -2.08. The predicted molar refractivity (Wildman–Crippen MR) is 56.1 cm³/mol. The maximum Gasteiger partial charge on any atom is 0.330 e. The van der Waals surface area contributed by atoms with E-state index in [0.717, 1.165) is 0 Å². The van der Waals surface area contributed by atoms with Crippen LogP contribution in [-0.2, 0) is 22.3 Å². The van der Waals surface area contributed by atoms with Gasteiger partial charge in [-0.3, -0.25) is 0 Å². The van der Waals surface area contributed by atoms with Gasteiger partial charge >= 0.3 is 8.60 Å². The van der Waals surface area contributed by atoms with E-state index in [1.54, 1.807) is 36.8 Å². The summed E-state index contributed by atoms with van der Waals surface area (Å²) in [7, 11) is -1.91. The lowest BCUT2D eigenvalue weighted by atomic mass is 10.5. The summed E-state index contributed by atoms with van der Waals surface area (Å²) in [5.74, 6) is 1.28. The average molecular weight is 242 g/mol. The van der Waals surface area contributed by atoms with Gasteiger partial charge in [-0.05, 0) is 24.3 Å².